The summed E-state index contributed by atoms with van der Waals surface area (Å²) in [5.41, 5.74) is 2.35. The van der Waals surface area contributed by atoms with E-state index in [0.717, 1.165) is 28.7 Å². The van der Waals surface area contributed by atoms with E-state index in [1.807, 2.05) is 24.4 Å². The summed E-state index contributed by atoms with van der Waals surface area (Å²) < 4.78 is 3.06. The van der Waals surface area contributed by atoms with Crippen LogP contribution in [0.2, 0.25) is 0 Å². The van der Waals surface area contributed by atoms with E-state index in [-0.39, 0.29) is 11.5 Å². The Kier molecular flexibility index (Phi) is 3.02. The van der Waals surface area contributed by atoms with Crippen molar-refractivity contribution in [3.63, 3.8) is 0 Å². The van der Waals surface area contributed by atoms with Gasteiger partial charge in [-0.1, -0.05) is 13.8 Å². The van der Waals surface area contributed by atoms with Crippen LogP contribution in [-0.2, 0) is 6.42 Å². The Bertz CT molecular complexity index is 601. The smallest absolute Gasteiger partial charge is 0.136 e. The average Bonchev–Trinajstić information content (AvgIpc) is 2.72. The lowest BCUT2D eigenvalue weighted by Gasteiger charge is -2.33. The van der Waals surface area contributed by atoms with E-state index in [1.54, 1.807) is 6.20 Å². The topological polar surface area (TPSA) is 38.0 Å². The van der Waals surface area contributed by atoms with Crippen molar-refractivity contribution in [1.29, 1.82) is 0 Å². The predicted octanol–water partition coefficient (Wildman–Crippen LogP) is 3.64. The van der Waals surface area contributed by atoms with Crippen LogP contribution >= 0.6 is 15.9 Å². The molecule has 19 heavy (non-hydrogen) atoms. The van der Waals surface area contributed by atoms with Gasteiger partial charge in [-0.25, -0.2) is 4.98 Å². The molecule has 3 nitrogen and oxygen atoms in total. The maximum Gasteiger partial charge on any atom is 0.136 e. The molecule has 4 heteroatoms. The summed E-state index contributed by atoms with van der Waals surface area (Å²) in [4.78, 5) is 4.44. The second-order valence-electron chi connectivity index (χ2n) is 5.98. The highest BCUT2D eigenvalue weighted by Crippen LogP contribution is 2.41. The lowest BCUT2D eigenvalue weighted by atomic mass is 9.75. The number of aliphatic hydroxyl groups is 1. The zero-order chi connectivity index (χ0) is 13.6. The van der Waals surface area contributed by atoms with Crippen LogP contribution in [0.3, 0.4) is 0 Å². The minimum absolute atomic E-state index is 0.123. The van der Waals surface area contributed by atoms with E-state index in [0.29, 0.717) is 0 Å². The van der Waals surface area contributed by atoms with Crippen molar-refractivity contribution in [2.75, 3.05) is 0 Å². The molecule has 100 valence electrons. The first-order chi connectivity index (χ1) is 8.96. The number of fused-ring (bicyclic) bond motifs is 1. The summed E-state index contributed by atoms with van der Waals surface area (Å²) in [6, 6.07) is 5.98. The predicted molar refractivity (Wildman–Crippen MR) is 78.3 cm³/mol. The molecule has 0 amide bonds. The number of rotatable bonds is 1. The number of aliphatic hydroxyl groups excluding tert-OH is 1. The molecule has 0 bridgehead atoms. The fourth-order valence-corrected chi connectivity index (χ4v) is 3.09. The molecule has 2 aromatic rings. The second-order valence-corrected chi connectivity index (χ2v) is 6.90. The first kappa shape index (κ1) is 12.9. The van der Waals surface area contributed by atoms with Crippen molar-refractivity contribution < 1.29 is 5.11 Å². The molecule has 2 aromatic heterocycles. The van der Waals surface area contributed by atoms with Crippen molar-refractivity contribution >= 4 is 15.9 Å². The zero-order valence-corrected chi connectivity index (χ0v) is 12.7. The maximum absolute atomic E-state index is 10.3. The van der Waals surface area contributed by atoms with E-state index in [4.69, 9.17) is 0 Å². The fourth-order valence-electron chi connectivity index (χ4n) is 2.85. The molecule has 0 radical (unpaired) electrons. The van der Waals surface area contributed by atoms with Crippen LogP contribution in [0.15, 0.2) is 35.1 Å². The first-order valence-electron chi connectivity index (χ1n) is 6.46. The second kappa shape index (κ2) is 4.46. The maximum atomic E-state index is 10.3. The Balaban J connectivity index is 2.08. The normalized spacial score (nSPS) is 21.2. The van der Waals surface area contributed by atoms with Crippen LogP contribution in [0.25, 0.3) is 5.82 Å². The van der Waals surface area contributed by atoms with E-state index in [2.05, 4.69) is 39.3 Å². The van der Waals surface area contributed by atoms with Gasteiger partial charge < -0.3 is 9.67 Å². The molecule has 1 aliphatic rings. The number of nitrogens with zero attached hydrogens (tertiary/aromatic N) is 2. The third-order valence-electron chi connectivity index (χ3n) is 3.74. The van der Waals surface area contributed by atoms with E-state index in [1.165, 1.54) is 5.69 Å². The molecule has 2 heterocycles. The standard InChI is InChI=1S/C15H17BrN2O/c1-15(2)7-12-11(13(19)8-15)5-6-18(12)14-4-3-10(16)9-17-14/h3-6,9,13,19H,7-8H2,1-2H3. The van der Waals surface area contributed by atoms with E-state index < -0.39 is 0 Å². The number of halogens is 1. The zero-order valence-electron chi connectivity index (χ0n) is 11.1. The molecular formula is C15H17BrN2O. The van der Waals surface area contributed by atoms with Gasteiger partial charge in [0, 0.05) is 28.1 Å². The van der Waals surface area contributed by atoms with Crippen molar-refractivity contribution in [1.82, 2.24) is 9.55 Å². The van der Waals surface area contributed by atoms with Gasteiger partial charge in [-0.3, -0.25) is 0 Å². The molecule has 0 aliphatic heterocycles. The minimum atomic E-state index is -0.365. The van der Waals surface area contributed by atoms with Gasteiger partial charge in [0.1, 0.15) is 5.82 Å². The first-order valence-corrected chi connectivity index (χ1v) is 7.26. The van der Waals surface area contributed by atoms with Gasteiger partial charge in [0.2, 0.25) is 0 Å². The molecule has 1 aliphatic carbocycles. The van der Waals surface area contributed by atoms with Crippen molar-refractivity contribution in [3.05, 3.63) is 46.3 Å². The van der Waals surface area contributed by atoms with Crippen LogP contribution < -0.4 is 0 Å². The third kappa shape index (κ3) is 2.35. The quantitative estimate of drug-likeness (QED) is 0.871. The van der Waals surface area contributed by atoms with Crippen LogP contribution in [0.1, 0.15) is 37.6 Å². The summed E-state index contributed by atoms with van der Waals surface area (Å²) in [7, 11) is 0. The number of pyridine rings is 1. The highest BCUT2D eigenvalue weighted by Gasteiger charge is 2.33. The Labute approximate surface area is 121 Å². The van der Waals surface area contributed by atoms with Crippen LogP contribution in [0, 0.1) is 5.41 Å². The van der Waals surface area contributed by atoms with Gasteiger partial charge in [-0.15, -0.1) is 0 Å². The van der Waals surface area contributed by atoms with Gasteiger partial charge in [0.25, 0.3) is 0 Å². The van der Waals surface area contributed by atoms with Gasteiger partial charge in [0.15, 0.2) is 0 Å². The molecule has 1 N–H and O–H groups in total. The molecular weight excluding hydrogens is 304 g/mol. The van der Waals surface area contributed by atoms with E-state index >= 15 is 0 Å². The number of hydrogen-bond donors (Lipinski definition) is 1. The monoisotopic (exact) mass is 320 g/mol. The molecule has 3 rings (SSSR count). The summed E-state index contributed by atoms with van der Waals surface area (Å²) >= 11 is 3.40. The number of hydrogen-bond acceptors (Lipinski definition) is 2. The number of aromatic nitrogens is 2. The fraction of sp³-hybridized carbons (Fsp3) is 0.400. The third-order valence-corrected chi connectivity index (χ3v) is 4.21. The largest absolute Gasteiger partial charge is 0.388 e. The van der Waals surface area contributed by atoms with Gasteiger partial charge in [0.05, 0.1) is 6.10 Å². The Morgan fingerprint density at radius 3 is 2.84 bits per heavy atom. The summed E-state index contributed by atoms with van der Waals surface area (Å²) in [5.74, 6) is 0.898. The molecule has 1 atom stereocenters. The van der Waals surface area contributed by atoms with Crippen molar-refractivity contribution in [2.24, 2.45) is 5.41 Å². The lowest BCUT2D eigenvalue weighted by molar-refractivity contribution is 0.0986. The van der Waals surface area contributed by atoms with Gasteiger partial charge in [-0.2, -0.15) is 0 Å². The summed E-state index contributed by atoms with van der Waals surface area (Å²) in [6.07, 6.45) is 5.22. The molecule has 0 spiro atoms. The summed E-state index contributed by atoms with van der Waals surface area (Å²) in [6.45, 7) is 4.40. The SMILES string of the molecule is CC1(C)Cc2c(ccn2-c2ccc(Br)cn2)C(O)C1. The Morgan fingerprint density at radius 1 is 1.37 bits per heavy atom. The van der Waals surface area contributed by atoms with Crippen LogP contribution in [-0.4, -0.2) is 14.7 Å². The highest BCUT2D eigenvalue weighted by atomic mass is 79.9. The molecule has 0 fully saturated rings. The minimum Gasteiger partial charge on any atom is -0.388 e. The van der Waals surface area contributed by atoms with Gasteiger partial charge >= 0.3 is 0 Å². The van der Waals surface area contributed by atoms with Crippen molar-refractivity contribution in [2.45, 2.75) is 32.8 Å². The average molecular weight is 321 g/mol. The van der Waals surface area contributed by atoms with Gasteiger partial charge in [-0.05, 0) is 52.4 Å². The molecule has 1 unspecified atom stereocenters. The van der Waals surface area contributed by atoms with Crippen LogP contribution in [0.4, 0.5) is 0 Å². The molecule has 0 aromatic carbocycles. The molecule has 0 saturated carbocycles. The van der Waals surface area contributed by atoms with Crippen molar-refractivity contribution in [3.8, 4) is 5.82 Å². The molecule has 0 saturated heterocycles. The van der Waals surface area contributed by atoms with E-state index in [9.17, 15) is 5.11 Å². The summed E-state index contributed by atoms with van der Waals surface area (Å²) in [5, 5.41) is 10.3. The highest BCUT2D eigenvalue weighted by molar-refractivity contribution is 9.10. The van der Waals surface area contributed by atoms with Crippen LogP contribution in [0.5, 0.6) is 0 Å². The lowest BCUT2D eigenvalue weighted by Crippen LogP contribution is -2.26. The Morgan fingerprint density at radius 2 is 2.16 bits per heavy atom. The Hall–Kier alpha value is -1.13.